The first kappa shape index (κ1) is 9.19. The van der Waals surface area contributed by atoms with E-state index in [1.54, 1.807) is 0 Å². The molecule has 0 aromatic heterocycles. The molecule has 12 heavy (non-hydrogen) atoms. The van der Waals surface area contributed by atoms with E-state index in [2.05, 4.69) is 5.73 Å². The zero-order chi connectivity index (χ0) is 8.97. The molecular formula is C9H14NO2+. The second-order valence-corrected chi connectivity index (χ2v) is 2.80. The first-order chi connectivity index (χ1) is 5.75. The molecule has 0 spiro atoms. The van der Waals surface area contributed by atoms with E-state index in [0.29, 0.717) is 0 Å². The van der Waals surface area contributed by atoms with Gasteiger partial charge in [-0.05, 0) is 5.56 Å². The third-order valence-corrected chi connectivity index (χ3v) is 1.82. The van der Waals surface area contributed by atoms with Crippen LogP contribution < -0.4 is 5.73 Å². The first-order valence-corrected chi connectivity index (χ1v) is 3.92. The molecule has 66 valence electrons. The van der Waals surface area contributed by atoms with Gasteiger partial charge in [-0.15, -0.1) is 0 Å². The van der Waals surface area contributed by atoms with Crippen LogP contribution in [0.2, 0.25) is 0 Å². The molecule has 3 heteroatoms. The van der Waals surface area contributed by atoms with E-state index in [1.165, 1.54) is 0 Å². The molecule has 1 rings (SSSR count). The Morgan fingerprint density at radius 1 is 1.25 bits per heavy atom. The zero-order valence-corrected chi connectivity index (χ0v) is 6.85. The van der Waals surface area contributed by atoms with Crippen molar-refractivity contribution in [3.05, 3.63) is 35.9 Å². The average Bonchev–Trinajstić information content (AvgIpc) is 2.17. The molecule has 1 aromatic carbocycles. The Balaban J connectivity index is 2.71. The maximum atomic E-state index is 9.57. The predicted molar refractivity (Wildman–Crippen MR) is 45.2 cm³/mol. The minimum atomic E-state index is -0.670. The standard InChI is InChI=1S/C9H13NO2/c10-8(6-11)9(12)7-4-2-1-3-5-7/h1-5,8-9,11-12H,6,10H2/p+1/t8-,9-/m1/s1. The number of quaternary nitrogens is 1. The highest BCUT2D eigenvalue weighted by molar-refractivity contribution is 5.18. The monoisotopic (exact) mass is 168 g/mol. The van der Waals surface area contributed by atoms with Crippen LogP contribution in [-0.4, -0.2) is 22.9 Å². The third-order valence-electron chi connectivity index (χ3n) is 1.82. The van der Waals surface area contributed by atoms with Crippen molar-refractivity contribution in [3.63, 3.8) is 0 Å². The molecule has 0 radical (unpaired) electrons. The number of hydrogen-bond donors (Lipinski definition) is 3. The lowest BCUT2D eigenvalue weighted by molar-refractivity contribution is -0.444. The van der Waals surface area contributed by atoms with Gasteiger partial charge in [-0.25, -0.2) is 0 Å². The fourth-order valence-electron chi connectivity index (χ4n) is 1.02. The van der Waals surface area contributed by atoms with Crippen molar-refractivity contribution in [3.8, 4) is 0 Å². The van der Waals surface area contributed by atoms with Crippen LogP contribution in [0, 0.1) is 0 Å². The van der Waals surface area contributed by atoms with Gasteiger partial charge in [0.25, 0.3) is 0 Å². The van der Waals surface area contributed by atoms with E-state index in [1.807, 2.05) is 30.3 Å². The second kappa shape index (κ2) is 4.21. The fraction of sp³-hybridized carbons (Fsp3) is 0.333. The highest BCUT2D eigenvalue weighted by atomic mass is 16.3. The predicted octanol–water partition coefficient (Wildman–Crippen LogP) is -0.677. The molecule has 0 heterocycles. The van der Waals surface area contributed by atoms with E-state index < -0.39 is 6.10 Å². The van der Waals surface area contributed by atoms with Gasteiger partial charge in [0.2, 0.25) is 0 Å². The van der Waals surface area contributed by atoms with E-state index in [4.69, 9.17) is 5.11 Å². The van der Waals surface area contributed by atoms with Crippen LogP contribution in [0.3, 0.4) is 0 Å². The van der Waals surface area contributed by atoms with Gasteiger partial charge in [0.1, 0.15) is 12.1 Å². The normalized spacial score (nSPS) is 15.6. The maximum absolute atomic E-state index is 9.57. The van der Waals surface area contributed by atoms with Crippen LogP contribution >= 0.6 is 0 Å². The quantitative estimate of drug-likeness (QED) is 0.560. The zero-order valence-electron chi connectivity index (χ0n) is 6.85. The summed E-state index contributed by atoms with van der Waals surface area (Å²) in [5.74, 6) is 0. The van der Waals surface area contributed by atoms with Gasteiger partial charge in [-0.1, -0.05) is 30.3 Å². The smallest absolute Gasteiger partial charge is 0.138 e. The SMILES string of the molecule is [NH3+][C@H](CO)[C@H](O)c1ccccc1. The largest absolute Gasteiger partial charge is 0.390 e. The number of rotatable bonds is 3. The Labute approximate surface area is 71.5 Å². The van der Waals surface area contributed by atoms with E-state index in [0.717, 1.165) is 5.56 Å². The minimum absolute atomic E-state index is 0.101. The molecule has 5 N–H and O–H groups in total. The molecule has 0 aliphatic carbocycles. The van der Waals surface area contributed by atoms with Crippen LogP contribution in [0.15, 0.2) is 30.3 Å². The van der Waals surface area contributed by atoms with Crippen molar-refractivity contribution in [2.24, 2.45) is 0 Å². The van der Waals surface area contributed by atoms with Gasteiger partial charge < -0.3 is 15.9 Å². The van der Waals surface area contributed by atoms with Crippen molar-refractivity contribution in [1.82, 2.24) is 0 Å². The first-order valence-electron chi connectivity index (χ1n) is 3.92. The van der Waals surface area contributed by atoms with E-state index in [9.17, 15) is 5.11 Å². The van der Waals surface area contributed by atoms with Crippen LogP contribution in [0.5, 0.6) is 0 Å². The Kier molecular flexibility index (Phi) is 3.22. The van der Waals surface area contributed by atoms with Gasteiger partial charge >= 0.3 is 0 Å². The molecule has 0 aliphatic heterocycles. The van der Waals surface area contributed by atoms with Crippen molar-refractivity contribution in [2.75, 3.05) is 6.61 Å². The van der Waals surface area contributed by atoms with Gasteiger partial charge in [-0.2, -0.15) is 0 Å². The van der Waals surface area contributed by atoms with Crippen LogP contribution in [-0.2, 0) is 0 Å². The number of aliphatic hydroxyl groups excluding tert-OH is 2. The highest BCUT2D eigenvalue weighted by Crippen LogP contribution is 2.13. The Morgan fingerprint density at radius 3 is 2.33 bits per heavy atom. The topological polar surface area (TPSA) is 68.1 Å². The van der Waals surface area contributed by atoms with Gasteiger partial charge in [0, 0.05) is 0 Å². The lowest BCUT2D eigenvalue weighted by atomic mass is 10.0. The van der Waals surface area contributed by atoms with Crippen molar-refractivity contribution in [2.45, 2.75) is 12.1 Å². The summed E-state index contributed by atoms with van der Waals surface area (Å²) in [4.78, 5) is 0. The summed E-state index contributed by atoms with van der Waals surface area (Å²) in [5.41, 5.74) is 4.43. The molecule has 0 aliphatic rings. The van der Waals surface area contributed by atoms with Crippen molar-refractivity contribution in [1.29, 1.82) is 0 Å². The molecule has 0 fully saturated rings. The summed E-state index contributed by atoms with van der Waals surface area (Å²) < 4.78 is 0. The van der Waals surface area contributed by atoms with Crippen molar-refractivity contribution >= 4 is 0 Å². The summed E-state index contributed by atoms with van der Waals surface area (Å²) in [6, 6.07) is 8.86. The Bertz CT molecular complexity index is 225. The number of benzene rings is 1. The van der Waals surface area contributed by atoms with E-state index in [-0.39, 0.29) is 12.6 Å². The summed E-state index contributed by atoms with van der Waals surface area (Å²) in [7, 11) is 0. The fourth-order valence-corrected chi connectivity index (χ4v) is 1.02. The summed E-state index contributed by atoms with van der Waals surface area (Å²) in [5, 5.41) is 18.3. The average molecular weight is 168 g/mol. The lowest BCUT2D eigenvalue weighted by Gasteiger charge is -2.13. The number of aliphatic hydroxyl groups is 2. The molecule has 0 bridgehead atoms. The third kappa shape index (κ3) is 2.04. The van der Waals surface area contributed by atoms with Crippen LogP contribution in [0.4, 0.5) is 0 Å². The molecule has 0 saturated carbocycles. The lowest BCUT2D eigenvalue weighted by Crippen LogP contribution is -2.65. The number of hydrogen-bond acceptors (Lipinski definition) is 2. The molecule has 2 atom stereocenters. The van der Waals surface area contributed by atoms with Crippen LogP contribution in [0.25, 0.3) is 0 Å². The van der Waals surface area contributed by atoms with Gasteiger partial charge in [0.15, 0.2) is 0 Å². The molecule has 1 aromatic rings. The van der Waals surface area contributed by atoms with Crippen LogP contribution in [0.1, 0.15) is 11.7 Å². The minimum Gasteiger partial charge on any atom is -0.390 e. The summed E-state index contributed by atoms with van der Waals surface area (Å²) >= 11 is 0. The Hall–Kier alpha value is -0.900. The molecule has 0 amide bonds. The van der Waals surface area contributed by atoms with Gasteiger partial charge in [0.05, 0.1) is 6.61 Å². The molecule has 0 unspecified atom stereocenters. The molecule has 3 nitrogen and oxygen atoms in total. The molecule has 0 saturated heterocycles. The Morgan fingerprint density at radius 2 is 1.83 bits per heavy atom. The highest BCUT2D eigenvalue weighted by Gasteiger charge is 2.18. The van der Waals surface area contributed by atoms with Crippen molar-refractivity contribution < 1.29 is 15.9 Å². The van der Waals surface area contributed by atoms with E-state index >= 15 is 0 Å². The second-order valence-electron chi connectivity index (χ2n) is 2.80. The summed E-state index contributed by atoms with van der Waals surface area (Å²) in [6.45, 7) is -0.101. The van der Waals surface area contributed by atoms with Gasteiger partial charge in [-0.3, -0.25) is 0 Å². The maximum Gasteiger partial charge on any atom is 0.138 e. The summed E-state index contributed by atoms with van der Waals surface area (Å²) in [6.07, 6.45) is -0.670. The molecular weight excluding hydrogens is 154 g/mol.